The van der Waals surface area contributed by atoms with Crippen LogP contribution in [0.3, 0.4) is 0 Å². The maximum atomic E-state index is 14.5. The standard InChI is InChI=1S/C22H22F5N/c1-20(24,22(25,26)27)16-6-7-18-15(12-16)5-8-19-21(18,9-10-28-19)13-14-3-2-4-17(23)11-14/h2-4,6-7,11-12,19,28H,5,8-10,13H2,1H3. The highest BCUT2D eigenvalue weighted by Gasteiger charge is 2.54. The Hall–Kier alpha value is -1.95. The molecule has 0 aromatic heterocycles. The number of alkyl halides is 4. The van der Waals surface area contributed by atoms with Crippen LogP contribution in [0, 0.1) is 5.82 Å². The highest BCUT2D eigenvalue weighted by atomic mass is 19.4. The van der Waals surface area contributed by atoms with Crippen LogP contribution in [-0.2, 0) is 23.9 Å². The van der Waals surface area contributed by atoms with Crippen molar-refractivity contribution in [1.82, 2.24) is 5.32 Å². The molecule has 0 saturated carbocycles. The normalized spacial score (nSPS) is 26.4. The van der Waals surface area contributed by atoms with E-state index in [1.54, 1.807) is 12.1 Å². The molecule has 2 aromatic rings. The van der Waals surface area contributed by atoms with Crippen LogP contribution in [0.2, 0.25) is 0 Å². The molecule has 3 unspecified atom stereocenters. The van der Waals surface area contributed by atoms with Crippen LogP contribution in [0.5, 0.6) is 0 Å². The molecule has 150 valence electrons. The maximum absolute atomic E-state index is 14.5. The van der Waals surface area contributed by atoms with Crippen molar-refractivity contribution in [1.29, 1.82) is 0 Å². The van der Waals surface area contributed by atoms with E-state index in [0.717, 1.165) is 36.1 Å². The fraction of sp³-hybridized carbons (Fsp3) is 0.455. The Balaban J connectivity index is 1.77. The van der Waals surface area contributed by atoms with Crippen LogP contribution < -0.4 is 5.32 Å². The minimum atomic E-state index is -4.97. The second-order valence-electron chi connectivity index (χ2n) is 8.13. The molecule has 1 aliphatic heterocycles. The van der Waals surface area contributed by atoms with Crippen LogP contribution >= 0.6 is 0 Å². The molecule has 2 aromatic carbocycles. The molecule has 3 atom stereocenters. The molecule has 1 aliphatic carbocycles. The number of nitrogens with one attached hydrogen (secondary N) is 1. The molecule has 1 heterocycles. The summed E-state index contributed by atoms with van der Waals surface area (Å²) < 4.78 is 67.6. The predicted octanol–water partition coefficient (Wildman–Crippen LogP) is 5.36. The molecular weight excluding hydrogens is 373 g/mol. The van der Waals surface area contributed by atoms with Gasteiger partial charge in [0.15, 0.2) is 0 Å². The Morgan fingerprint density at radius 3 is 2.61 bits per heavy atom. The van der Waals surface area contributed by atoms with Gasteiger partial charge in [-0.3, -0.25) is 0 Å². The molecule has 28 heavy (non-hydrogen) atoms. The van der Waals surface area contributed by atoms with Gasteiger partial charge >= 0.3 is 6.18 Å². The molecule has 1 saturated heterocycles. The van der Waals surface area contributed by atoms with Crippen LogP contribution in [0.25, 0.3) is 0 Å². The minimum Gasteiger partial charge on any atom is -0.313 e. The average Bonchev–Trinajstić information content (AvgIpc) is 3.04. The van der Waals surface area contributed by atoms with Gasteiger partial charge in [0.1, 0.15) is 5.82 Å². The first-order chi connectivity index (χ1) is 13.1. The Bertz CT molecular complexity index is 889. The second kappa shape index (κ2) is 6.55. The van der Waals surface area contributed by atoms with Gasteiger partial charge in [0.2, 0.25) is 5.67 Å². The third-order valence-corrected chi connectivity index (χ3v) is 6.46. The summed E-state index contributed by atoms with van der Waals surface area (Å²) >= 11 is 0. The lowest BCUT2D eigenvalue weighted by Crippen LogP contribution is -2.46. The number of hydrogen-bond acceptors (Lipinski definition) is 1. The first-order valence-electron chi connectivity index (χ1n) is 9.51. The van der Waals surface area contributed by atoms with Gasteiger partial charge in [-0.05, 0) is 73.5 Å². The molecule has 4 rings (SSSR count). The van der Waals surface area contributed by atoms with Gasteiger partial charge < -0.3 is 5.32 Å². The van der Waals surface area contributed by atoms with E-state index in [4.69, 9.17) is 0 Å². The monoisotopic (exact) mass is 395 g/mol. The molecule has 0 radical (unpaired) electrons. The highest BCUT2D eigenvalue weighted by molar-refractivity contribution is 5.45. The number of aryl methyl sites for hydroxylation is 1. The number of rotatable bonds is 3. The Morgan fingerprint density at radius 1 is 1.11 bits per heavy atom. The first-order valence-corrected chi connectivity index (χ1v) is 9.51. The summed E-state index contributed by atoms with van der Waals surface area (Å²) in [6.45, 7) is 1.37. The van der Waals surface area contributed by atoms with Crippen molar-refractivity contribution >= 4 is 0 Å². The molecule has 0 amide bonds. The van der Waals surface area contributed by atoms with Gasteiger partial charge in [0, 0.05) is 11.5 Å². The summed E-state index contributed by atoms with van der Waals surface area (Å²) in [6, 6.07) is 10.9. The van der Waals surface area contributed by atoms with E-state index in [0.29, 0.717) is 19.8 Å². The molecular formula is C22H22F5N. The summed E-state index contributed by atoms with van der Waals surface area (Å²) in [5, 5.41) is 3.50. The Kier molecular flexibility index (Phi) is 4.53. The van der Waals surface area contributed by atoms with E-state index < -0.39 is 11.8 Å². The summed E-state index contributed by atoms with van der Waals surface area (Å²) in [5.74, 6) is -0.304. The predicted molar refractivity (Wildman–Crippen MR) is 97.5 cm³/mol. The third-order valence-electron chi connectivity index (χ3n) is 6.46. The largest absolute Gasteiger partial charge is 0.426 e. The zero-order valence-corrected chi connectivity index (χ0v) is 15.5. The summed E-state index contributed by atoms with van der Waals surface area (Å²) in [7, 11) is 0. The van der Waals surface area contributed by atoms with Gasteiger partial charge in [0.05, 0.1) is 0 Å². The minimum absolute atomic E-state index is 0.175. The van der Waals surface area contributed by atoms with Crippen LogP contribution in [0.15, 0.2) is 42.5 Å². The zero-order valence-electron chi connectivity index (χ0n) is 15.5. The quantitative estimate of drug-likeness (QED) is 0.690. The van der Waals surface area contributed by atoms with Gasteiger partial charge in [0.25, 0.3) is 0 Å². The summed E-state index contributed by atoms with van der Waals surface area (Å²) in [6.07, 6.45) is -2.19. The average molecular weight is 395 g/mol. The van der Waals surface area contributed by atoms with E-state index in [-0.39, 0.29) is 22.8 Å². The maximum Gasteiger partial charge on any atom is 0.426 e. The molecule has 0 bridgehead atoms. The van der Waals surface area contributed by atoms with Gasteiger partial charge in [-0.25, -0.2) is 8.78 Å². The molecule has 1 N–H and O–H groups in total. The topological polar surface area (TPSA) is 12.0 Å². The zero-order chi connectivity index (χ0) is 20.2. The second-order valence-corrected chi connectivity index (χ2v) is 8.13. The summed E-state index contributed by atoms with van der Waals surface area (Å²) in [5.41, 5.74) is -1.48. The van der Waals surface area contributed by atoms with Crippen molar-refractivity contribution in [2.45, 2.75) is 55.9 Å². The van der Waals surface area contributed by atoms with Crippen molar-refractivity contribution in [3.05, 3.63) is 70.5 Å². The van der Waals surface area contributed by atoms with E-state index in [1.807, 2.05) is 6.07 Å². The number of hydrogen-bond donors (Lipinski definition) is 1. The molecule has 2 aliphatic rings. The number of benzene rings is 2. The SMILES string of the molecule is CC(F)(c1ccc2c(c1)CCC1NCCC21Cc1cccc(F)c1)C(F)(F)F. The van der Waals surface area contributed by atoms with E-state index in [2.05, 4.69) is 5.32 Å². The fourth-order valence-corrected chi connectivity index (χ4v) is 4.90. The van der Waals surface area contributed by atoms with Crippen molar-refractivity contribution in [2.75, 3.05) is 6.54 Å². The van der Waals surface area contributed by atoms with Gasteiger partial charge in [-0.1, -0.05) is 30.3 Å². The van der Waals surface area contributed by atoms with Gasteiger partial charge in [-0.15, -0.1) is 0 Å². The lowest BCUT2D eigenvalue weighted by atomic mass is 9.63. The van der Waals surface area contributed by atoms with Crippen molar-refractivity contribution in [3.63, 3.8) is 0 Å². The Morgan fingerprint density at radius 2 is 1.89 bits per heavy atom. The smallest absolute Gasteiger partial charge is 0.313 e. The van der Waals surface area contributed by atoms with Gasteiger partial charge in [-0.2, -0.15) is 13.2 Å². The number of fused-ring (bicyclic) bond motifs is 3. The van der Waals surface area contributed by atoms with E-state index >= 15 is 0 Å². The Labute approximate surface area is 161 Å². The fourth-order valence-electron chi connectivity index (χ4n) is 4.90. The summed E-state index contributed by atoms with van der Waals surface area (Å²) in [4.78, 5) is 0. The molecule has 6 heteroatoms. The van der Waals surface area contributed by atoms with Crippen LogP contribution in [0.4, 0.5) is 22.0 Å². The lowest BCUT2D eigenvalue weighted by Gasteiger charge is -2.42. The van der Waals surface area contributed by atoms with E-state index in [1.165, 1.54) is 24.3 Å². The molecule has 1 nitrogen and oxygen atoms in total. The molecule has 1 fully saturated rings. The number of halogens is 5. The van der Waals surface area contributed by atoms with Crippen molar-refractivity contribution in [3.8, 4) is 0 Å². The van der Waals surface area contributed by atoms with Crippen LogP contribution in [-0.4, -0.2) is 18.8 Å². The van der Waals surface area contributed by atoms with E-state index in [9.17, 15) is 22.0 Å². The third kappa shape index (κ3) is 3.02. The highest BCUT2D eigenvalue weighted by Crippen LogP contribution is 2.48. The van der Waals surface area contributed by atoms with Crippen LogP contribution in [0.1, 0.15) is 42.0 Å². The van der Waals surface area contributed by atoms with Crippen molar-refractivity contribution < 1.29 is 22.0 Å². The first kappa shape index (κ1) is 19.4. The molecule has 0 spiro atoms. The van der Waals surface area contributed by atoms with Crippen molar-refractivity contribution in [2.24, 2.45) is 0 Å². The lowest BCUT2D eigenvalue weighted by molar-refractivity contribution is -0.228.